The van der Waals surface area contributed by atoms with Gasteiger partial charge in [0.2, 0.25) is 0 Å². The zero-order valence-electron chi connectivity index (χ0n) is 12.2. The number of hydrogen-bond donors (Lipinski definition) is 0. The molecule has 0 aliphatic carbocycles. The highest BCUT2D eigenvalue weighted by Crippen LogP contribution is 2.55. The van der Waals surface area contributed by atoms with Crippen molar-refractivity contribution in [2.75, 3.05) is 12.3 Å². The fourth-order valence-electron chi connectivity index (χ4n) is 3.66. The first-order chi connectivity index (χ1) is 10.1. The van der Waals surface area contributed by atoms with Crippen molar-refractivity contribution in [3.05, 3.63) is 70.3 Å². The van der Waals surface area contributed by atoms with Crippen molar-refractivity contribution in [2.45, 2.75) is 18.7 Å². The number of carbonyl (C=O) groups is 1. The van der Waals surface area contributed by atoms with Gasteiger partial charge in [0.25, 0.3) is 5.91 Å². The van der Waals surface area contributed by atoms with E-state index in [9.17, 15) is 4.79 Å². The van der Waals surface area contributed by atoms with Crippen LogP contribution in [0.5, 0.6) is 0 Å². The molecule has 0 aromatic heterocycles. The van der Waals surface area contributed by atoms with E-state index < -0.39 is 0 Å². The third-order valence-corrected chi connectivity index (χ3v) is 5.99. The zero-order chi connectivity index (χ0) is 14.6. The largest absolute Gasteiger partial charge is 0.315 e. The van der Waals surface area contributed by atoms with Gasteiger partial charge in [-0.25, -0.2) is 0 Å². The van der Waals surface area contributed by atoms with Crippen LogP contribution in [-0.2, 0) is 4.87 Å². The van der Waals surface area contributed by atoms with Crippen molar-refractivity contribution < 1.29 is 4.79 Å². The molecule has 4 rings (SSSR count). The lowest BCUT2D eigenvalue weighted by Gasteiger charge is -2.34. The van der Waals surface area contributed by atoms with Crippen LogP contribution < -0.4 is 0 Å². The average molecular weight is 295 g/mol. The van der Waals surface area contributed by atoms with Gasteiger partial charge >= 0.3 is 0 Å². The Kier molecular flexibility index (Phi) is 2.70. The topological polar surface area (TPSA) is 20.3 Å². The lowest BCUT2D eigenvalue weighted by molar-refractivity contribution is 0.0752. The molecule has 2 heterocycles. The summed E-state index contributed by atoms with van der Waals surface area (Å²) in [5.41, 5.74) is 5.81. The van der Waals surface area contributed by atoms with Gasteiger partial charge in [0, 0.05) is 23.4 Å². The second kappa shape index (κ2) is 4.38. The quantitative estimate of drug-likeness (QED) is 0.799. The lowest BCUT2D eigenvalue weighted by atomic mass is 9.93. The fraction of sp³-hybridized carbons (Fsp3) is 0.278. The van der Waals surface area contributed by atoms with Crippen LogP contribution in [0.25, 0.3) is 0 Å². The Bertz CT molecular complexity index is 755. The van der Waals surface area contributed by atoms with Gasteiger partial charge in [-0.15, -0.1) is 11.8 Å². The van der Waals surface area contributed by atoms with Crippen LogP contribution in [0.15, 0.2) is 42.5 Å². The Morgan fingerprint density at radius 2 is 1.90 bits per heavy atom. The van der Waals surface area contributed by atoms with E-state index in [1.54, 1.807) is 0 Å². The molecule has 1 amide bonds. The number of rotatable bonds is 1. The summed E-state index contributed by atoms with van der Waals surface area (Å²) >= 11 is 1.89. The molecule has 0 spiro atoms. The number of fused-ring (bicyclic) bond motifs is 3. The summed E-state index contributed by atoms with van der Waals surface area (Å²) in [6.45, 7) is 5.09. The summed E-state index contributed by atoms with van der Waals surface area (Å²) in [5.74, 6) is 1.17. The van der Waals surface area contributed by atoms with Gasteiger partial charge in [0.15, 0.2) is 0 Å². The predicted octanol–water partition coefficient (Wildman–Crippen LogP) is 3.71. The van der Waals surface area contributed by atoms with E-state index in [0.29, 0.717) is 0 Å². The molecule has 1 unspecified atom stereocenters. The van der Waals surface area contributed by atoms with Crippen LogP contribution in [0.1, 0.15) is 32.6 Å². The molecule has 2 aromatic carbocycles. The van der Waals surface area contributed by atoms with Crippen LogP contribution in [-0.4, -0.2) is 23.1 Å². The highest BCUT2D eigenvalue weighted by Gasteiger charge is 2.54. The fourth-order valence-corrected chi connectivity index (χ4v) is 5.28. The lowest BCUT2D eigenvalue weighted by Crippen LogP contribution is -2.38. The zero-order valence-corrected chi connectivity index (χ0v) is 13.0. The van der Waals surface area contributed by atoms with Crippen molar-refractivity contribution >= 4 is 17.7 Å². The van der Waals surface area contributed by atoms with Crippen molar-refractivity contribution in [3.63, 3.8) is 0 Å². The Balaban J connectivity index is 2.02. The Morgan fingerprint density at radius 3 is 2.71 bits per heavy atom. The number of aryl methyl sites for hydroxylation is 2. The van der Waals surface area contributed by atoms with E-state index in [1.165, 1.54) is 16.7 Å². The molecule has 106 valence electrons. The molecule has 0 radical (unpaired) electrons. The van der Waals surface area contributed by atoms with Crippen LogP contribution in [0.3, 0.4) is 0 Å². The molecular formula is C18H17NOS. The maximum atomic E-state index is 12.7. The summed E-state index contributed by atoms with van der Waals surface area (Å²) in [4.78, 5) is 14.5. The third-order valence-electron chi connectivity index (χ3n) is 4.52. The van der Waals surface area contributed by atoms with E-state index in [-0.39, 0.29) is 10.8 Å². The Morgan fingerprint density at radius 1 is 1.10 bits per heavy atom. The molecule has 2 aliphatic rings. The van der Waals surface area contributed by atoms with E-state index in [0.717, 1.165) is 23.4 Å². The van der Waals surface area contributed by atoms with Crippen LogP contribution in [0.2, 0.25) is 0 Å². The molecule has 3 heteroatoms. The highest BCUT2D eigenvalue weighted by molar-refractivity contribution is 8.00. The second-order valence-electron chi connectivity index (χ2n) is 5.81. The van der Waals surface area contributed by atoms with E-state index in [2.05, 4.69) is 43.0 Å². The van der Waals surface area contributed by atoms with Gasteiger partial charge < -0.3 is 4.90 Å². The number of nitrogens with zero attached hydrogens (tertiary/aromatic N) is 1. The van der Waals surface area contributed by atoms with Crippen LogP contribution in [0, 0.1) is 13.8 Å². The van der Waals surface area contributed by atoms with Crippen molar-refractivity contribution in [2.24, 2.45) is 0 Å². The molecule has 1 saturated heterocycles. The molecule has 2 aromatic rings. The molecule has 0 bridgehead atoms. The summed E-state index contributed by atoms with van der Waals surface area (Å²) in [6, 6.07) is 14.6. The number of amides is 1. The molecule has 0 saturated carbocycles. The average Bonchev–Trinajstić information content (AvgIpc) is 3.00. The first-order valence-electron chi connectivity index (χ1n) is 7.28. The first-order valence-corrected chi connectivity index (χ1v) is 8.26. The number of carbonyl (C=O) groups excluding carboxylic acids is 1. The highest BCUT2D eigenvalue weighted by atomic mass is 32.2. The first kappa shape index (κ1) is 13.0. The van der Waals surface area contributed by atoms with Gasteiger partial charge in [-0.2, -0.15) is 0 Å². The molecule has 21 heavy (non-hydrogen) atoms. The molecule has 2 nitrogen and oxygen atoms in total. The van der Waals surface area contributed by atoms with Crippen molar-refractivity contribution in [3.8, 4) is 0 Å². The van der Waals surface area contributed by atoms with Crippen LogP contribution in [0.4, 0.5) is 0 Å². The SMILES string of the molecule is Cc1ccc(C23SCCN2C(=O)c2ccccc23)c(C)c1. The summed E-state index contributed by atoms with van der Waals surface area (Å²) in [5, 5.41) is 0. The number of benzene rings is 2. The maximum absolute atomic E-state index is 12.7. The monoisotopic (exact) mass is 295 g/mol. The summed E-state index contributed by atoms with van der Waals surface area (Å²) in [7, 11) is 0. The molecule has 1 atom stereocenters. The van der Waals surface area contributed by atoms with Gasteiger partial charge in [-0.3, -0.25) is 4.79 Å². The molecule has 1 fully saturated rings. The minimum Gasteiger partial charge on any atom is -0.315 e. The van der Waals surface area contributed by atoms with E-state index in [4.69, 9.17) is 0 Å². The van der Waals surface area contributed by atoms with Gasteiger partial charge in [-0.1, -0.05) is 42.0 Å². The minimum atomic E-state index is -0.314. The molecule has 0 N–H and O–H groups in total. The van der Waals surface area contributed by atoms with Crippen LogP contribution >= 0.6 is 11.8 Å². The van der Waals surface area contributed by atoms with Crippen molar-refractivity contribution in [1.29, 1.82) is 0 Å². The molecular weight excluding hydrogens is 278 g/mol. The minimum absolute atomic E-state index is 0.176. The van der Waals surface area contributed by atoms with E-state index >= 15 is 0 Å². The third kappa shape index (κ3) is 1.58. The summed E-state index contributed by atoms with van der Waals surface area (Å²) in [6.07, 6.45) is 0. The Labute approximate surface area is 129 Å². The predicted molar refractivity (Wildman–Crippen MR) is 86.6 cm³/mol. The normalized spacial score (nSPS) is 23.3. The van der Waals surface area contributed by atoms with Gasteiger partial charge in [0.1, 0.15) is 4.87 Å². The number of thioether (sulfide) groups is 1. The summed E-state index contributed by atoms with van der Waals surface area (Å²) < 4.78 is 0. The van der Waals surface area contributed by atoms with E-state index in [1.807, 2.05) is 30.0 Å². The molecule has 2 aliphatic heterocycles. The standard InChI is InChI=1S/C18H17NOS/c1-12-7-8-15(13(2)11-12)18-16-6-4-3-5-14(16)17(20)19(18)9-10-21-18/h3-8,11H,9-10H2,1-2H3. The smallest absolute Gasteiger partial charge is 0.255 e. The van der Waals surface area contributed by atoms with Gasteiger partial charge in [0.05, 0.1) is 0 Å². The maximum Gasteiger partial charge on any atom is 0.255 e. The van der Waals surface area contributed by atoms with Gasteiger partial charge in [-0.05, 0) is 31.0 Å². The number of hydrogen-bond acceptors (Lipinski definition) is 2. The van der Waals surface area contributed by atoms with Crippen molar-refractivity contribution in [1.82, 2.24) is 4.90 Å². The second-order valence-corrected chi connectivity index (χ2v) is 7.10. The Hall–Kier alpha value is -1.74.